The molecule has 10 unspecified atom stereocenters. The molecule has 0 aliphatic carbocycles. The van der Waals surface area contributed by atoms with Gasteiger partial charge >= 0.3 is 11.9 Å². The Morgan fingerprint density at radius 3 is 1.49 bits per heavy atom. The van der Waals surface area contributed by atoms with Crippen LogP contribution in [-0.2, 0) is 73.9 Å². The van der Waals surface area contributed by atoms with Crippen molar-refractivity contribution in [3.05, 3.63) is 179 Å². The van der Waals surface area contributed by atoms with Gasteiger partial charge in [0.15, 0.2) is 24.8 Å². The average molecular weight is 833 g/mol. The minimum absolute atomic E-state index is 0.0603. The van der Waals surface area contributed by atoms with Crippen molar-refractivity contribution in [2.24, 2.45) is 0 Å². The summed E-state index contributed by atoms with van der Waals surface area (Å²) in [5, 5.41) is 11.7. The third-order valence-corrected chi connectivity index (χ3v) is 10.4. The molecule has 2 heterocycles. The molecule has 7 rings (SSSR count). The van der Waals surface area contributed by atoms with E-state index in [1.54, 1.807) is 30.3 Å². The van der Waals surface area contributed by atoms with Crippen LogP contribution < -0.4 is 0 Å². The SMILES string of the molecule is CC(=O)OC1C(OCc2ccccc2)C(C)OC(OC2C(COCc3ccccc3)OC(O)C(OC(=O)c3ccccc3)C2OCc2ccccc2)C1OCc1ccccc1. The Bertz CT molecular complexity index is 2060. The molecule has 0 spiro atoms. The molecule has 0 radical (unpaired) electrons. The second-order valence-corrected chi connectivity index (χ2v) is 15.0. The monoisotopic (exact) mass is 832 g/mol. The summed E-state index contributed by atoms with van der Waals surface area (Å²) in [6.07, 6.45) is -11.0. The Labute approximate surface area is 356 Å². The molecule has 2 aliphatic rings. The number of carbonyl (C=O) groups excluding carboxylic acids is 2. The van der Waals surface area contributed by atoms with Crippen molar-refractivity contribution in [1.29, 1.82) is 0 Å². The summed E-state index contributed by atoms with van der Waals surface area (Å²) < 4.78 is 57.9. The van der Waals surface area contributed by atoms with Crippen LogP contribution in [0.3, 0.4) is 0 Å². The number of esters is 2. The lowest BCUT2D eigenvalue weighted by molar-refractivity contribution is -0.364. The highest BCUT2D eigenvalue weighted by Gasteiger charge is 2.54. The zero-order chi connectivity index (χ0) is 42.4. The van der Waals surface area contributed by atoms with Gasteiger partial charge in [0, 0.05) is 6.92 Å². The molecule has 2 fully saturated rings. The molecular weight excluding hydrogens is 781 g/mol. The zero-order valence-corrected chi connectivity index (χ0v) is 34.2. The van der Waals surface area contributed by atoms with Gasteiger partial charge in [0.25, 0.3) is 0 Å². The molecule has 0 saturated carbocycles. The topological polar surface area (TPSA) is 137 Å². The standard InChI is InChI=1S/C49H52O12/c1-33-41(54-29-36-20-10-4-11-21-36)44(58-34(2)50)46(56-31-38-24-14-6-15-25-38)49(57-33)61-42-40(32-53-28-35-18-8-3-9-19-35)59-48(52)45(60-47(51)39-26-16-7-17-27-39)43(42)55-30-37-22-12-5-13-23-37/h3-27,33,40-46,48-49,52H,28-32H2,1-2H3. The van der Waals surface area contributed by atoms with Crippen LogP contribution in [0.1, 0.15) is 46.5 Å². The zero-order valence-electron chi connectivity index (χ0n) is 34.2. The number of hydrogen-bond donors (Lipinski definition) is 1. The molecule has 5 aromatic carbocycles. The van der Waals surface area contributed by atoms with E-state index in [0.29, 0.717) is 0 Å². The minimum Gasteiger partial charge on any atom is -0.457 e. The van der Waals surface area contributed by atoms with Crippen LogP contribution in [0.2, 0.25) is 0 Å². The van der Waals surface area contributed by atoms with Gasteiger partial charge in [-0.2, -0.15) is 0 Å². The first-order chi connectivity index (χ1) is 29.8. The molecule has 12 nitrogen and oxygen atoms in total. The first-order valence-electron chi connectivity index (χ1n) is 20.5. The summed E-state index contributed by atoms with van der Waals surface area (Å²) in [5.41, 5.74) is 3.80. The largest absolute Gasteiger partial charge is 0.457 e. The van der Waals surface area contributed by atoms with Gasteiger partial charge in [-0.1, -0.05) is 140 Å². The Balaban J connectivity index is 1.24. The number of aliphatic hydroxyl groups excluding tert-OH is 1. The summed E-state index contributed by atoms with van der Waals surface area (Å²) in [4.78, 5) is 26.5. The highest BCUT2D eigenvalue weighted by Crippen LogP contribution is 2.35. The van der Waals surface area contributed by atoms with Crippen LogP contribution in [0.25, 0.3) is 0 Å². The van der Waals surface area contributed by atoms with Crippen LogP contribution in [0.4, 0.5) is 0 Å². The smallest absolute Gasteiger partial charge is 0.338 e. The van der Waals surface area contributed by atoms with Crippen molar-refractivity contribution in [3.8, 4) is 0 Å². The van der Waals surface area contributed by atoms with Gasteiger partial charge in [-0.05, 0) is 41.3 Å². The van der Waals surface area contributed by atoms with Crippen molar-refractivity contribution in [1.82, 2.24) is 0 Å². The van der Waals surface area contributed by atoms with Gasteiger partial charge < -0.3 is 47.7 Å². The Kier molecular flexibility index (Phi) is 15.8. The number of benzene rings is 5. The first kappa shape index (κ1) is 43.8. The lowest BCUT2D eigenvalue weighted by Crippen LogP contribution is -2.66. The Hall–Kier alpha value is -5.28. The lowest BCUT2D eigenvalue weighted by Gasteiger charge is -2.49. The van der Waals surface area contributed by atoms with Crippen LogP contribution in [0.5, 0.6) is 0 Å². The van der Waals surface area contributed by atoms with E-state index in [-0.39, 0.29) is 38.6 Å². The van der Waals surface area contributed by atoms with E-state index in [9.17, 15) is 14.7 Å². The van der Waals surface area contributed by atoms with E-state index >= 15 is 0 Å². The molecule has 10 atom stereocenters. The number of hydrogen-bond acceptors (Lipinski definition) is 12. The third kappa shape index (κ3) is 12.2. The van der Waals surface area contributed by atoms with Gasteiger partial charge in [0.05, 0.1) is 44.7 Å². The fourth-order valence-corrected chi connectivity index (χ4v) is 7.41. The fraction of sp³-hybridized carbons (Fsp3) is 0.347. The lowest BCUT2D eigenvalue weighted by atomic mass is 9.96. The van der Waals surface area contributed by atoms with Crippen molar-refractivity contribution in [2.45, 2.75) is 102 Å². The normalized spacial score (nSPS) is 26.3. The molecule has 5 aromatic rings. The first-order valence-corrected chi connectivity index (χ1v) is 20.5. The second kappa shape index (κ2) is 22.0. The molecule has 0 amide bonds. The second-order valence-electron chi connectivity index (χ2n) is 15.0. The van der Waals surface area contributed by atoms with E-state index in [1.807, 2.05) is 128 Å². The molecule has 320 valence electrons. The van der Waals surface area contributed by atoms with Crippen LogP contribution in [0, 0.1) is 0 Å². The van der Waals surface area contributed by atoms with Crippen LogP contribution in [0.15, 0.2) is 152 Å². The van der Waals surface area contributed by atoms with Gasteiger partial charge in [0.2, 0.25) is 0 Å². The van der Waals surface area contributed by atoms with E-state index in [0.717, 1.165) is 22.3 Å². The van der Waals surface area contributed by atoms with Crippen molar-refractivity contribution in [3.63, 3.8) is 0 Å². The summed E-state index contributed by atoms with van der Waals surface area (Å²) >= 11 is 0. The molecular formula is C49H52O12. The van der Waals surface area contributed by atoms with E-state index in [2.05, 4.69) is 0 Å². The Morgan fingerprint density at radius 1 is 0.525 bits per heavy atom. The molecule has 61 heavy (non-hydrogen) atoms. The van der Waals surface area contributed by atoms with Crippen molar-refractivity contribution < 1.29 is 57.3 Å². The van der Waals surface area contributed by atoms with Crippen LogP contribution >= 0.6 is 0 Å². The molecule has 0 aromatic heterocycles. The number of ether oxygens (including phenoxy) is 9. The molecule has 0 bridgehead atoms. The van der Waals surface area contributed by atoms with Crippen LogP contribution in [-0.4, -0.2) is 85.1 Å². The van der Waals surface area contributed by atoms with Gasteiger partial charge in [-0.3, -0.25) is 4.79 Å². The molecule has 2 saturated heterocycles. The van der Waals surface area contributed by atoms with Gasteiger partial charge in [-0.25, -0.2) is 4.79 Å². The maximum atomic E-state index is 13.6. The van der Waals surface area contributed by atoms with Crippen molar-refractivity contribution in [2.75, 3.05) is 6.61 Å². The molecule has 1 N–H and O–H groups in total. The highest BCUT2D eigenvalue weighted by molar-refractivity contribution is 5.89. The summed E-state index contributed by atoms with van der Waals surface area (Å²) in [6.45, 7) is 3.71. The average Bonchev–Trinajstić information content (AvgIpc) is 3.28. The van der Waals surface area contributed by atoms with Crippen molar-refractivity contribution >= 4 is 11.9 Å². The number of carbonyl (C=O) groups is 2. The van der Waals surface area contributed by atoms with E-state index < -0.39 is 73.4 Å². The highest BCUT2D eigenvalue weighted by atomic mass is 16.7. The maximum absolute atomic E-state index is 13.6. The molecule has 2 aliphatic heterocycles. The quantitative estimate of drug-likeness (QED) is 0.0914. The predicted molar refractivity (Wildman–Crippen MR) is 222 cm³/mol. The molecule has 12 heteroatoms. The summed E-state index contributed by atoms with van der Waals surface area (Å²) in [5.74, 6) is -1.24. The predicted octanol–water partition coefficient (Wildman–Crippen LogP) is 6.96. The number of rotatable bonds is 18. The summed E-state index contributed by atoms with van der Waals surface area (Å²) in [7, 11) is 0. The van der Waals surface area contributed by atoms with E-state index in [4.69, 9.17) is 42.6 Å². The maximum Gasteiger partial charge on any atom is 0.338 e. The minimum atomic E-state index is -1.64. The van der Waals surface area contributed by atoms with Gasteiger partial charge in [-0.15, -0.1) is 0 Å². The summed E-state index contributed by atoms with van der Waals surface area (Å²) in [6, 6.07) is 46.7. The fourth-order valence-electron chi connectivity index (χ4n) is 7.41. The number of aliphatic hydroxyl groups is 1. The van der Waals surface area contributed by atoms with E-state index in [1.165, 1.54) is 6.92 Å². The Morgan fingerprint density at radius 2 is 0.984 bits per heavy atom. The third-order valence-electron chi connectivity index (χ3n) is 10.4. The van der Waals surface area contributed by atoms with Gasteiger partial charge in [0.1, 0.15) is 30.5 Å².